The van der Waals surface area contributed by atoms with Crippen molar-refractivity contribution in [2.45, 2.75) is 12.6 Å². The van der Waals surface area contributed by atoms with E-state index in [1.165, 1.54) is 44.8 Å². The molecule has 7 nitrogen and oxygen atoms in total. The lowest BCUT2D eigenvalue weighted by atomic mass is 10.1. The number of halogens is 4. The van der Waals surface area contributed by atoms with Gasteiger partial charge >= 0.3 is 6.18 Å². The highest BCUT2D eigenvalue weighted by Gasteiger charge is 2.30. The number of alkyl halides is 3. The maximum atomic E-state index is 12.9. The van der Waals surface area contributed by atoms with Crippen molar-refractivity contribution in [1.82, 2.24) is 9.97 Å². The molecule has 0 fully saturated rings. The van der Waals surface area contributed by atoms with E-state index in [-0.39, 0.29) is 28.6 Å². The van der Waals surface area contributed by atoms with Crippen molar-refractivity contribution in [2.24, 2.45) is 0 Å². The van der Waals surface area contributed by atoms with Crippen LogP contribution in [0.25, 0.3) is 10.9 Å². The second kappa shape index (κ2) is 10.3. The topological polar surface area (TPSA) is 82.6 Å². The van der Waals surface area contributed by atoms with Crippen LogP contribution in [0.15, 0.2) is 60.9 Å². The predicted octanol–water partition coefficient (Wildman–Crippen LogP) is 6.29. The van der Waals surface area contributed by atoms with E-state index in [9.17, 15) is 18.0 Å². The summed E-state index contributed by atoms with van der Waals surface area (Å²) in [5.74, 6) is 0.919. The SMILES string of the molecule is COc1ccc2c(Oc3ncc(NC(=O)Cc4cccc(C(F)(F)F)c4)cc3Cl)ccnc2c1OC. The summed E-state index contributed by atoms with van der Waals surface area (Å²) in [4.78, 5) is 20.9. The van der Waals surface area contributed by atoms with Crippen molar-refractivity contribution in [3.63, 3.8) is 0 Å². The standard InChI is InChI=1S/C25H19ClF3N3O4/c1-34-20-7-6-17-19(8-9-30-22(17)23(20)35-2)36-24-18(26)12-16(13-31-24)32-21(33)11-14-4-3-5-15(10-14)25(27,28)29/h3-10,12-13H,11H2,1-2H3,(H,32,33). The first-order valence-electron chi connectivity index (χ1n) is 10.5. The molecule has 1 N–H and O–H groups in total. The van der Waals surface area contributed by atoms with Gasteiger partial charge in [-0.2, -0.15) is 13.2 Å². The van der Waals surface area contributed by atoms with E-state index in [4.69, 9.17) is 25.8 Å². The maximum absolute atomic E-state index is 12.9. The number of hydrogen-bond donors (Lipinski definition) is 1. The van der Waals surface area contributed by atoms with Gasteiger partial charge in [0.2, 0.25) is 11.8 Å². The average molecular weight is 518 g/mol. The van der Waals surface area contributed by atoms with Crippen LogP contribution in [0.5, 0.6) is 23.1 Å². The van der Waals surface area contributed by atoms with Crippen LogP contribution >= 0.6 is 11.6 Å². The third-order valence-corrected chi connectivity index (χ3v) is 5.40. The second-order valence-electron chi connectivity index (χ2n) is 7.54. The van der Waals surface area contributed by atoms with E-state index in [2.05, 4.69) is 15.3 Å². The normalized spacial score (nSPS) is 11.3. The molecule has 0 radical (unpaired) electrons. The van der Waals surface area contributed by atoms with Crippen LogP contribution in [0.4, 0.5) is 18.9 Å². The lowest BCUT2D eigenvalue weighted by Crippen LogP contribution is -2.15. The average Bonchev–Trinajstić information content (AvgIpc) is 2.84. The zero-order valence-corrected chi connectivity index (χ0v) is 19.8. The van der Waals surface area contributed by atoms with E-state index in [1.807, 2.05) is 0 Å². The summed E-state index contributed by atoms with van der Waals surface area (Å²) in [5.41, 5.74) is 0.177. The summed E-state index contributed by atoms with van der Waals surface area (Å²) in [6.07, 6.45) is -1.88. The smallest absolute Gasteiger partial charge is 0.416 e. The highest BCUT2D eigenvalue weighted by Crippen LogP contribution is 2.39. The number of rotatable bonds is 7. The van der Waals surface area contributed by atoms with E-state index >= 15 is 0 Å². The van der Waals surface area contributed by atoms with Crippen molar-refractivity contribution >= 4 is 34.1 Å². The molecule has 11 heteroatoms. The molecule has 0 aliphatic rings. The molecule has 0 atom stereocenters. The fourth-order valence-corrected chi connectivity index (χ4v) is 3.72. The number of nitrogens with one attached hydrogen (secondary N) is 1. The number of carbonyl (C=O) groups excluding carboxylic acids is 1. The van der Waals surface area contributed by atoms with Gasteiger partial charge in [-0.25, -0.2) is 4.98 Å². The molecule has 0 bridgehead atoms. The summed E-state index contributed by atoms with van der Waals surface area (Å²) in [6, 6.07) is 11.1. The molecule has 0 saturated heterocycles. The second-order valence-corrected chi connectivity index (χ2v) is 7.95. The minimum Gasteiger partial charge on any atom is -0.493 e. The van der Waals surface area contributed by atoms with Crippen LogP contribution in [-0.2, 0) is 17.4 Å². The molecule has 4 aromatic rings. The number of amides is 1. The first-order chi connectivity index (χ1) is 17.2. The molecule has 2 aromatic heterocycles. The van der Waals surface area contributed by atoms with Crippen LogP contribution in [0.2, 0.25) is 5.02 Å². The highest BCUT2D eigenvalue weighted by atomic mass is 35.5. The summed E-state index contributed by atoms with van der Waals surface area (Å²) in [5, 5.41) is 3.31. The summed E-state index contributed by atoms with van der Waals surface area (Å²) >= 11 is 6.33. The van der Waals surface area contributed by atoms with Crippen molar-refractivity contribution in [1.29, 1.82) is 0 Å². The van der Waals surface area contributed by atoms with Crippen LogP contribution < -0.4 is 19.5 Å². The Kier molecular flexibility index (Phi) is 7.16. The Morgan fingerprint density at radius 2 is 1.83 bits per heavy atom. The van der Waals surface area contributed by atoms with E-state index in [0.29, 0.717) is 28.2 Å². The number of anilines is 1. The number of fused-ring (bicyclic) bond motifs is 1. The molecule has 4 rings (SSSR count). The number of carbonyl (C=O) groups is 1. The van der Waals surface area contributed by atoms with Gasteiger partial charge in [0.1, 0.15) is 16.3 Å². The van der Waals surface area contributed by atoms with Gasteiger partial charge in [-0.1, -0.05) is 29.8 Å². The molecule has 186 valence electrons. The molecule has 0 unspecified atom stereocenters. The quantitative estimate of drug-likeness (QED) is 0.310. The Morgan fingerprint density at radius 1 is 1.03 bits per heavy atom. The molecular formula is C25H19ClF3N3O4. The third-order valence-electron chi connectivity index (χ3n) is 5.13. The van der Waals surface area contributed by atoms with Crippen molar-refractivity contribution in [3.8, 4) is 23.1 Å². The Labute approximate surface area is 208 Å². The number of aromatic nitrogens is 2. The van der Waals surface area contributed by atoms with Crippen molar-refractivity contribution < 1.29 is 32.2 Å². The number of ether oxygens (including phenoxy) is 3. The summed E-state index contributed by atoms with van der Waals surface area (Å²) in [7, 11) is 3.03. The van der Waals surface area contributed by atoms with Gasteiger partial charge in [-0.05, 0) is 35.9 Å². The number of hydrogen-bond acceptors (Lipinski definition) is 6. The number of benzene rings is 2. The third kappa shape index (κ3) is 5.44. The molecule has 0 spiro atoms. The van der Waals surface area contributed by atoms with Crippen molar-refractivity contribution in [3.05, 3.63) is 77.1 Å². The maximum Gasteiger partial charge on any atom is 0.416 e. The lowest BCUT2D eigenvalue weighted by Gasteiger charge is -2.13. The first-order valence-corrected chi connectivity index (χ1v) is 10.9. The fourth-order valence-electron chi connectivity index (χ4n) is 3.52. The van der Waals surface area contributed by atoms with E-state index in [1.54, 1.807) is 18.2 Å². The minimum absolute atomic E-state index is 0.0785. The Hall–Kier alpha value is -4.05. The van der Waals surface area contributed by atoms with Crippen LogP contribution in [0.1, 0.15) is 11.1 Å². The zero-order chi connectivity index (χ0) is 25.9. The Balaban J connectivity index is 1.50. The highest BCUT2D eigenvalue weighted by molar-refractivity contribution is 6.32. The monoisotopic (exact) mass is 517 g/mol. The molecule has 0 saturated carbocycles. The van der Waals surface area contributed by atoms with Gasteiger partial charge < -0.3 is 19.5 Å². The number of nitrogens with zero attached hydrogens (tertiary/aromatic N) is 2. The molecule has 36 heavy (non-hydrogen) atoms. The van der Waals surface area contributed by atoms with Crippen LogP contribution in [0, 0.1) is 0 Å². The zero-order valence-electron chi connectivity index (χ0n) is 19.0. The molecule has 2 aromatic carbocycles. The van der Waals surface area contributed by atoms with Crippen LogP contribution in [0.3, 0.4) is 0 Å². The van der Waals surface area contributed by atoms with Gasteiger partial charge in [-0.15, -0.1) is 0 Å². The Morgan fingerprint density at radius 3 is 2.53 bits per heavy atom. The van der Waals surface area contributed by atoms with E-state index in [0.717, 1.165) is 12.1 Å². The molecular weight excluding hydrogens is 499 g/mol. The van der Waals surface area contributed by atoms with Gasteiger partial charge in [0.05, 0.1) is 38.1 Å². The summed E-state index contributed by atoms with van der Waals surface area (Å²) in [6.45, 7) is 0. The first kappa shape index (κ1) is 25.1. The number of pyridine rings is 2. The van der Waals surface area contributed by atoms with Gasteiger partial charge in [0, 0.05) is 11.6 Å². The lowest BCUT2D eigenvalue weighted by molar-refractivity contribution is -0.137. The minimum atomic E-state index is -4.49. The fraction of sp³-hybridized carbons (Fsp3) is 0.160. The molecule has 0 aliphatic heterocycles. The van der Waals surface area contributed by atoms with Gasteiger partial charge in [-0.3, -0.25) is 9.78 Å². The molecule has 1 amide bonds. The molecule has 2 heterocycles. The summed E-state index contributed by atoms with van der Waals surface area (Å²) < 4.78 is 55.3. The largest absolute Gasteiger partial charge is 0.493 e. The van der Waals surface area contributed by atoms with Crippen molar-refractivity contribution in [2.75, 3.05) is 19.5 Å². The van der Waals surface area contributed by atoms with Gasteiger partial charge in [0.15, 0.2) is 11.5 Å². The van der Waals surface area contributed by atoms with E-state index < -0.39 is 17.6 Å². The predicted molar refractivity (Wildman–Crippen MR) is 128 cm³/mol. The molecule has 0 aliphatic carbocycles. The number of methoxy groups -OCH3 is 2. The van der Waals surface area contributed by atoms with Gasteiger partial charge in [0.25, 0.3) is 0 Å². The Bertz CT molecular complexity index is 1430. The van der Waals surface area contributed by atoms with Crippen LogP contribution in [-0.4, -0.2) is 30.1 Å².